The van der Waals surface area contributed by atoms with Gasteiger partial charge in [0.1, 0.15) is 0 Å². The molecule has 0 aliphatic carbocycles. The maximum atomic E-state index is 12.4. The number of piperidine rings is 1. The van der Waals surface area contributed by atoms with Crippen LogP contribution in [0.5, 0.6) is 0 Å². The molecule has 2 fully saturated rings. The molecule has 6 heteroatoms. The first-order valence-corrected chi connectivity index (χ1v) is 10.1. The summed E-state index contributed by atoms with van der Waals surface area (Å²) in [5.74, 6) is 0.112. The summed E-state index contributed by atoms with van der Waals surface area (Å²) in [5, 5.41) is 12.1. The Labute approximate surface area is 162 Å². The second-order valence-electron chi connectivity index (χ2n) is 7.69. The lowest BCUT2D eigenvalue weighted by molar-refractivity contribution is 0.173. The van der Waals surface area contributed by atoms with Crippen LogP contribution in [0.25, 0.3) is 0 Å². The molecule has 1 aromatic rings. The number of hydrogen-bond acceptors (Lipinski definition) is 4. The highest BCUT2D eigenvalue weighted by Gasteiger charge is 2.23. The van der Waals surface area contributed by atoms with E-state index in [1.54, 1.807) is 0 Å². The van der Waals surface area contributed by atoms with E-state index in [9.17, 15) is 4.79 Å². The van der Waals surface area contributed by atoms with Crippen LogP contribution >= 0.6 is 0 Å². The van der Waals surface area contributed by atoms with E-state index in [1.165, 1.54) is 5.69 Å². The molecule has 1 N–H and O–H groups in total. The van der Waals surface area contributed by atoms with Gasteiger partial charge in [-0.15, -0.1) is 0 Å². The lowest BCUT2D eigenvalue weighted by Crippen LogP contribution is -2.49. The van der Waals surface area contributed by atoms with Crippen LogP contribution in [0.15, 0.2) is 30.3 Å². The van der Waals surface area contributed by atoms with Gasteiger partial charge in [0, 0.05) is 63.5 Å². The molecule has 1 unspecified atom stereocenters. The summed E-state index contributed by atoms with van der Waals surface area (Å²) in [7, 11) is 0. The number of anilines is 1. The van der Waals surface area contributed by atoms with Crippen LogP contribution in [0.1, 0.15) is 26.2 Å². The molecule has 0 bridgehead atoms. The van der Waals surface area contributed by atoms with Gasteiger partial charge in [0.05, 0.1) is 6.07 Å². The van der Waals surface area contributed by atoms with E-state index in [2.05, 4.69) is 58.4 Å². The molecule has 3 rings (SSSR count). The first-order valence-electron chi connectivity index (χ1n) is 10.1. The molecule has 2 amide bonds. The highest BCUT2D eigenvalue weighted by atomic mass is 16.2. The van der Waals surface area contributed by atoms with Crippen molar-refractivity contribution in [2.24, 2.45) is 5.92 Å². The van der Waals surface area contributed by atoms with Crippen LogP contribution in [-0.2, 0) is 0 Å². The Bertz CT molecular complexity index is 628. The molecule has 2 aliphatic rings. The van der Waals surface area contributed by atoms with Gasteiger partial charge in [-0.1, -0.05) is 18.2 Å². The number of piperazine rings is 1. The maximum Gasteiger partial charge on any atom is 0.317 e. The molecular weight excluding hydrogens is 338 g/mol. The zero-order chi connectivity index (χ0) is 19.1. The van der Waals surface area contributed by atoms with E-state index in [-0.39, 0.29) is 18.0 Å². The molecule has 2 aliphatic heterocycles. The van der Waals surface area contributed by atoms with E-state index >= 15 is 0 Å². The fraction of sp³-hybridized carbons (Fsp3) is 0.619. The number of carbonyl (C=O) groups is 1. The number of likely N-dealkylation sites (tertiary alicyclic amines) is 1. The SMILES string of the molecule is CC(CCN1CCN(c2ccccc2)CC1)NC(=O)N1CCC(C#N)CC1. The number of urea groups is 1. The van der Waals surface area contributed by atoms with Gasteiger partial charge in [-0.05, 0) is 38.3 Å². The summed E-state index contributed by atoms with van der Waals surface area (Å²) in [6.07, 6.45) is 2.56. The van der Waals surface area contributed by atoms with E-state index in [4.69, 9.17) is 5.26 Å². The number of benzene rings is 1. The standard InChI is InChI=1S/C21H31N5O/c1-18(23-21(27)26-11-8-19(17-22)9-12-26)7-10-24-13-15-25(16-14-24)20-5-3-2-4-6-20/h2-6,18-19H,7-16H2,1H3,(H,23,27). The summed E-state index contributed by atoms with van der Waals surface area (Å²) >= 11 is 0. The van der Waals surface area contributed by atoms with Crippen LogP contribution in [0.2, 0.25) is 0 Å². The van der Waals surface area contributed by atoms with Crippen LogP contribution < -0.4 is 10.2 Å². The summed E-state index contributed by atoms with van der Waals surface area (Å²) in [6.45, 7) is 8.73. The monoisotopic (exact) mass is 369 g/mol. The molecular formula is C21H31N5O. The number of para-hydroxylation sites is 1. The smallest absolute Gasteiger partial charge is 0.317 e. The summed E-state index contributed by atoms with van der Waals surface area (Å²) in [6, 6.07) is 13.1. The summed E-state index contributed by atoms with van der Waals surface area (Å²) < 4.78 is 0. The third-order valence-electron chi connectivity index (χ3n) is 5.71. The van der Waals surface area contributed by atoms with Crippen molar-refractivity contribution in [3.8, 4) is 6.07 Å². The Morgan fingerprint density at radius 3 is 2.44 bits per heavy atom. The molecule has 146 valence electrons. The molecule has 2 heterocycles. The number of nitrogens with zero attached hydrogens (tertiary/aromatic N) is 4. The molecule has 2 saturated heterocycles. The van der Waals surface area contributed by atoms with Crippen molar-refractivity contribution < 1.29 is 4.79 Å². The van der Waals surface area contributed by atoms with Gasteiger partial charge < -0.3 is 15.1 Å². The Morgan fingerprint density at radius 1 is 1.15 bits per heavy atom. The minimum Gasteiger partial charge on any atom is -0.369 e. The van der Waals surface area contributed by atoms with Crippen LogP contribution in [0.3, 0.4) is 0 Å². The molecule has 27 heavy (non-hydrogen) atoms. The van der Waals surface area contributed by atoms with Crippen molar-refractivity contribution in [1.29, 1.82) is 5.26 Å². The van der Waals surface area contributed by atoms with Crippen molar-refractivity contribution >= 4 is 11.7 Å². The minimum absolute atomic E-state index is 0.0211. The third kappa shape index (κ3) is 5.61. The summed E-state index contributed by atoms with van der Waals surface area (Å²) in [5.41, 5.74) is 1.30. The van der Waals surface area contributed by atoms with Crippen molar-refractivity contribution in [1.82, 2.24) is 15.1 Å². The Morgan fingerprint density at radius 2 is 1.81 bits per heavy atom. The lowest BCUT2D eigenvalue weighted by Gasteiger charge is -2.36. The average molecular weight is 370 g/mol. The molecule has 1 atom stereocenters. The average Bonchev–Trinajstić information content (AvgIpc) is 2.73. The molecule has 6 nitrogen and oxygen atoms in total. The van der Waals surface area contributed by atoms with E-state index in [0.29, 0.717) is 13.1 Å². The fourth-order valence-corrected chi connectivity index (χ4v) is 3.83. The Hall–Kier alpha value is -2.26. The Balaban J connectivity index is 1.33. The number of carbonyl (C=O) groups excluding carboxylic acids is 1. The van der Waals surface area contributed by atoms with Crippen LogP contribution in [-0.4, -0.2) is 67.7 Å². The maximum absolute atomic E-state index is 12.4. The first-order chi connectivity index (χ1) is 13.2. The largest absolute Gasteiger partial charge is 0.369 e. The molecule has 0 radical (unpaired) electrons. The number of rotatable bonds is 5. The van der Waals surface area contributed by atoms with Gasteiger partial charge in [-0.3, -0.25) is 4.90 Å². The first kappa shape index (κ1) is 19.5. The zero-order valence-electron chi connectivity index (χ0n) is 16.3. The number of amides is 2. The third-order valence-corrected chi connectivity index (χ3v) is 5.71. The second-order valence-corrected chi connectivity index (χ2v) is 7.69. The second kappa shape index (κ2) is 9.61. The predicted octanol–water partition coefficient (Wildman–Crippen LogP) is 2.53. The number of nitrogens with one attached hydrogen (secondary N) is 1. The summed E-state index contributed by atoms with van der Waals surface area (Å²) in [4.78, 5) is 19.1. The predicted molar refractivity (Wildman–Crippen MR) is 108 cm³/mol. The van der Waals surface area contributed by atoms with Crippen LogP contribution in [0, 0.1) is 17.2 Å². The quantitative estimate of drug-likeness (QED) is 0.866. The van der Waals surface area contributed by atoms with Crippen molar-refractivity contribution in [3.63, 3.8) is 0 Å². The normalized spacial score (nSPS) is 20.1. The number of nitriles is 1. The van der Waals surface area contributed by atoms with Gasteiger partial charge in [-0.2, -0.15) is 5.26 Å². The van der Waals surface area contributed by atoms with Gasteiger partial charge in [-0.25, -0.2) is 4.79 Å². The van der Waals surface area contributed by atoms with Crippen molar-refractivity contribution in [2.45, 2.75) is 32.2 Å². The molecule has 0 saturated carbocycles. The minimum atomic E-state index is 0.0211. The number of hydrogen-bond donors (Lipinski definition) is 1. The highest BCUT2D eigenvalue weighted by molar-refractivity contribution is 5.74. The van der Waals surface area contributed by atoms with Gasteiger partial charge in [0.25, 0.3) is 0 Å². The molecule has 0 spiro atoms. The van der Waals surface area contributed by atoms with Crippen molar-refractivity contribution in [2.75, 3.05) is 50.7 Å². The fourth-order valence-electron chi connectivity index (χ4n) is 3.83. The van der Waals surface area contributed by atoms with Gasteiger partial charge in [0.2, 0.25) is 0 Å². The van der Waals surface area contributed by atoms with Gasteiger partial charge >= 0.3 is 6.03 Å². The van der Waals surface area contributed by atoms with E-state index in [1.807, 2.05) is 4.90 Å². The van der Waals surface area contributed by atoms with E-state index < -0.39 is 0 Å². The van der Waals surface area contributed by atoms with Crippen LogP contribution in [0.4, 0.5) is 10.5 Å². The molecule has 1 aromatic carbocycles. The highest BCUT2D eigenvalue weighted by Crippen LogP contribution is 2.17. The molecule has 0 aromatic heterocycles. The lowest BCUT2D eigenvalue weighted by atomic mass is 9.99. The Kier molecular flexibility index (Phi) is 6.94. The topological polar surface area (TPSA) is 62.6 Å². The van der Waals surface area contributed by atoms with E-state index in [0.717, 1.165) is 52.0 Å². The van der Waals surface area contributed by atoms with Gasteiger partial charge in [0.15, 0.2) is 0 Å². The zero-order valence-corrected chi connectivity index (χ0v) is 16.3. The van der Waals surface area contributed by atoms with Crippen molar-refractivity contribution in [3.05, 3.63) is 30.3 Å².